The van der Waals surface area contributed by atoms with E-state index in [0.717, 1.165) is 30.7 Å². The van der Waals surface area contributed by atoms with Crippen LogP contribution >= 0.6 is 0 Å². The van der Waals surface area contributed by atoms with Crippen LogP contribution in [0.4, 0.5) is 35.3 Å². The summed E-state index contributed by atoms with van der Waals surface area (Å²) in [6.45, 7) is 2.81. The van der Waals surface area contributed by atoms with Crippen molar-refractivity contribution in [1.82, 2.24) is 19.5 Å². The summed E-state index contributed by atoms with van der Waals surface area (Å²) in [5.41, 5.74) is 0.436. The molecule has 35 heavy (non-hydrogen) atoms. The Morgan fingerprint density at radius 1 is 0.971 bits per heavy atom. The minimum Gasteiger partial charge on any atom is -0.354 e. The molecule has 3 N–H and O–H groups in total. The van der Waals surface area contributed by atoms with Gasteiger partial charge in [-0.05, 0) is 55.0 Å². The van der Waals surface area contributed by atoms with Gasteiger partial charge < -0.3 is 16.0 Å². The van der Waals surface area contributed by atoms with E-state index in [-0.39, 0.29) is 5.69 Å². The summed E-state index contributed by atoms with van der Waals surface area (Å²) in [4.78, 5) is 25.4. The third-order valence-electron chi connectivity index (χ3n) is 4.91. The number of rotatable bonds is 7. The molecule has 0 saturated carbocycles. The zero-order valence-electron chi connectivity index (χ0n) is 18.7. The molecule has 0 saturated heterocycles. The first-order valence-electron chi connectivity index (χ1n) is 10.8. The summed E-state index contributed by atoms with van der Waals surface area (Å²) in [5, 5.41) is 8.17. The van der Waals surface area contributed by atoms with E-state index in [0.29, 0.717) is 23.3 Å². The van der Waals surface area contributed by atoms with Gasteiger partial charge in [0.05, 0.1) is 5.56 Å². The second-order valence-electron chi connectivity index (χ2n) is 7.52. The quantitative estimate of drug-likeness (QED) is 0.309. The minimum absolute atomic E-state index is 0.0358. The van der Waals surface area contributed by atoms with Crippen LogP contribution in [-0.4, -0.2) is 32.1 Å². The van der Waals surface area contributed by atoms with Gasteiger partial charge in [-0.3, -0.25) is 4.57 Å². The number of carbonyl (C=O) groups is 1. The molecule has 11 heteroatoms. The van der Waals surface area contributed by atoms with Crippen LogP contribution < -0.4 is 16.0 Å². The van der Waals surface area contributed by atoms with Gasteiger partial charge in [-0.15, -0.1) is 0 Å². The van der Waals surface area contributed by atoms with E-state index in [2.05, 4.69) is 37.8 Å². The molecule has 8 nitrogen and oxygen atoms in total. The Balaban J connectivity index is 1.45. The van der Waals surface area contributed by atoms with Crippen molar-refractivity contribution in [1.29, 1.82) is 0 Å². The van der Waals surface area contributed by atoms with Gasteiger partial charge in [-0.25, -0.2) is 14.8 Å². The normalized spacial score (nSPS) is 11.2. The number of halogens is 3. The van der Waals surface area contributed by atoms with E-state index in [4.69, 9.17) is 0 Å². The fourth-order valence-corrected chi connectivity index (χ4v) is 3.28. The highest BCUT2D eigenvalue weighted by Gasteiger charge is 2.30. The molecule has 0 fully saturated rings. The third kappa shape index (κ3) is 5.94. The number of alkyl halides is 3. The number of amides is 2. The highest BCUT2D eigenvalue weighted by atomic mass is 19.4. The highest BCUT2D eigenvalue weighted by Crippen LogP contribution is 2.30. The minimum atomic E-state index is -4.49. The smallest absolute Gasteiger partial charge is 0.354 e. The standard InChI is InChI=1S/C24H22F3N7O/c1-2-11-29-22-30-12-10-20(33-22)34-14-13-28-21(34)16-6-8-18(9-7-16)31-23(35)32-19-5-3-4-17(15-19)24(25,26)27/h3-10,12-15H,2,11H2,1H3,(H,29,30,33)(H2,31,32,35). The third-order valence-corrected chi connectivity index (χ3v) is 4.91. The van der Waals surface area contributed by atoms with Crippen molar-refractivity contribution in [2.75, 3.05) is 22.5 Å². The predicted molar refractivity (Wildman–Crippen MR) is 127 cm³/mol. The van der Waals surface area contributed by atoms with E-state index >= 15 is 0 Å². The van der Waals surface area contributed by atoms with Crippen molar-refractivity contribution in [2.24, 2.45) is 0 Å². The Hall–Kier alpha value is -4.41. The van der Waals surface area contributed by atoms with Crippen molar-refractivity contribution >= 4 is 23.4 Å². The van der Waals surface area contributed by atoms with Crippen LogP contribution in [0.3, 0.4) is 0 Å². The van der Waals surface area contributed by atoms with Gasteiger partial charge in [0.15, 0.2) is 0 Å². The van der Waals surface area contributed by atoms with Crippen molar-refractivity contribution in [3.8, 4) is 17.2 Å². The Bertz CT molecular complexity index is 1300. The molecule has 4 aromatic rings. The average Bonchev–Trinajstić information content (AvgIpc) is 3.33. The van der Waals surface area contributed by atoms with Crippen molar-refractivity contribution in [2.45, 2.75) is 19.5 Å². The maximum absolute atomic E-state index is 12.9. The summed E-state index contributed by atoms with van der Waals surface area (Å²) in [6.07, 6.45) is 1.57. The van der Waals surface area contributed by atoms with Gasteiger partial charge in [0.2, 0.25) is 5.95 Å². The zero-order valence-corrected chi connectivity index (χ0v) is 18.7. The number of carbonyl (C=O) groups excluding carboxylic acids is 1. The molecule has 180 valence electrons. The lowest BCUT2D eigenvalue weighted by atomic mass is 10.2. The van der Waals surface area contributed by atoms with Gasteiger partial charge in [0.1, 0.15) is 11.6 Å². The predicted octanol–water partition coefficient (Wildman–Crippen LogP) is 5.81. The van der Waals surface area contributed by atoms with Crippen LogP contribution in [0, 0.1) is 0 Å². The lowest BCUT2D eigenvalue weighted by Crippen LogP contribution is -2.19. The summed E-state index contributed by atoms with van der Waals surface area (Å²) in [7, 11) is 0. The molecule has 4 rings (SSSR count). The van der Waals surface area contributed by atoms with E-state index in [9.17, 15) is 18.0 Å². The largest absolute Gasteiger partial charge is 0.416 e. The van der Waals surface area contributed by atoms with Gasteiger partial charge in [-0.1, -0.05) is 13.0 Å². The molecule has 2 aromatic carbocycles. The number of hydrogen-bond acceptors (Lipinski definition) is 5. The molecule has 0 bridgehead atoms. The maximum atomic E-state index is 12.9. The first-order chi connectivity index (χ1) is 16.8. The molecular weight excluding hydrogens is 459 g/mol. The van der Waals surface area contributed by atoms with Crippen LogP contribution in [0.5, 0.6) is 0 Å². The van der Waals surface area contributed by atoms with Crippen LogP contribution in [-0.2, 0) is 6.18 Å². The van der Waals surface area contributed by atoms with Gasteiger partial charge in [0, 0.05) is 42.1 Å². The maximum Gasteiger partial charge on any atom is 0.416 e. The molecule has 2 heterocycles. The van der Waals surface area contributed by atoms with Crippen molar-refractivity contribution in [3.05, 3.63) is 78.8 Å². The Morgan fingerprint density at radius 2 is 1.74 bits per heavy atom. The second kappa shape index (κ2) is 10.2. The highest BCUT2D eigenvalue weighted by molar-refractivity contribution is 5.99. The molecule has 0 radical (unpaired) electrons. The van der Waals surface area contributed by atoms with E-state index in [1.165, 1.54) is 12.1 Å². The Kier molecular flexibility index (Phi) is 6.95. The fraction of sp³-hybridized carbons (Fsp3) is 0.167. The first kappa shape index (κ1) is 23.7. The second-order valence-corrected chi connectivity index (χ2v) is 7.52. The molecule has 0 aliphatic rings. The van der Waals surface area contributed by atoms with Crippen molar-refractivity contribution < 1.29 is 18.0 Å². The van der Waals surface area contributed by atoms with Crippen LogP contribution in [0.25, 0.3) is 17.2 Å². The number of aromatic nitrogens is 4. The molecule has 0 aliphatic carbocycles. The lowest BCUT2D eigenvalue weighted by molar-refractivity contribution is -0.137. The Labute approximate surface area is 199 Å². The monoisotopic (exact) mass is 481 g/mol. The Morgan fingerprint density at radius 3 is 2.49 bits per heavy atom. The molecule has 2 aromatic heterocycles. The molecule has 0 spiro atoms. The molecule has 0 unspecified atom stereocenters. The number of hydrogen-bond donors (Lipinski definition) is 3. The number of imidazole rings is 1. The summed E-state index contributed by atoms with van der Waals surface area (Å²) >= 11 is 0. The number of anilines is 3. The first-order valence-corrected chi connectivity index (χ1v) is 10.8. The zero-order chi connectivity index (χ0) is 24.8. The van der Waals surface area contributed by atoms with Crippen molar-refractivity contribution in [3.63, 3.8) is 0 Å². The van der Waals surface area contributed by atoms with Crippen LogP contribution in [0.1, 0.15) is 18.9 Å². The van der Waals surface area contributed by atoms with Crippen LogP contribution in [0.2, 0.25) is 0 Å². The topological polar surface area (TPSA) is 96.8 Å². The number of nitrogens with zero attached hydrogens (tertiary/aromatic N) is 4. The summed E-state index contributed by atoms with van der Waals surface area (Å²) in [5.74, 6) is 1.81. The van der Waals surface area contributed by atoms with E-state index in [1.54, 1.807) is 48.9 Å². The number of benzene rings is 2. The molecule has 2 amide bonds. The van der Waals surface area contributed by atoms with Gasteiger partial charge in [-0.2, -0.15) is 18.2 Å². The van der Waals surface area contributed by atoms with E-state index in [1.807, 2.05) is 4.57 Å². The molecular formula is C24H22F3N7O. The lowest BCUT2D eigenvalue weighted by Gasteiger charge is -2.11. The number of nitrogens with one attached hydrogen (secondary N) is 3. The van der Waals surface area contributed by atoms with E-state index < -0.39 is 17.8 Å². The molecule has 0 atom stereocenters. The summed E-state index contributed by atoms with van der Waals surface area (Å²) < 4.78 is 40.4. The fourth-order valence-electron chi connectivity index (χ4n) is 3.28. The SMILES string of the molecule is CCCNc1nccc(-n2ccnc2-c2ccc(NC(=O)Nc3cccc(C(F)(F)F)c3)cc2)n1. The average molecular weight is 481 g/mol. The number of urea groups is 1. The van der Waals surface area contributed by atoms with Gasteiger partial charge in [0.25, 0.3) is 0 Å². The molecule has 0 aliphatic heterocycles. The van der Waals surface area contributed by atoms with Crippen LogP contribution in [0.15, 0.2) is 73.2 Å². The summed E-state index contributed by atoms with van der Waals surface area (Å²) in [6, 6.07) is 12.4. The van der Waals surface area contributed by atoms with Gasteiger partial charge >= 0.3 is 12.2 Å².